The lowest BCUT2D eigenvalue weighted by Crippen LogP contribution is -2.58. The second-order valence-corrected chi connectivity index (χ2v) is 12.8. The van der Waals surface area contributed by atoms with Gasteiger partial charge in [0.25, 0.3) is 0 Å². The summed E-state index contributed by atoms with van der Waals surface area (Å²) in [6.07, 6.45) is 0.0352. The van der Waals surface area contributed by atoms with E-state index < -0.39 is 24.1 Å². The predicted octanol–water partition coefficient (Wildman–Crippen LogP) is 5.36. The molecule has 6 rings (SSSR count). The molecule has 10 nitrogen and oxygen atoms in total. The number of aromatic nitrogens is 1. The van der Waals surface area contributed by atoms with Crippen LogP contribution in [0.25, 0.3) is 10.9 Å². The molecule has 3 aliphatic rings. The topological polar surface area (TPSA) is 109 Å². The third-order valence-electron chi connectivity index (χ3n) is 10.3. The Balaban J connectivity index is 1.33. The largest absolute Gasteiger partial charge is 0.493 e. The van der Waals surface area contributed by atoms with Crippen LogP contribution in [0.3, 0.4) is 0 Å². The zero-order valence-electron chi connectivity index (χ0n) is 27.1. The monoisotopic (exact) mass is 620 g/mol. The van der Waals surface area contributed by atoms with Crippen LogP contribution in [0, 0.1) is 23.7 Å². The minimum absolute atomic E-state index is 0.00496. The molecule has 10 heteroatoms. The molecule has 0 bridgehead atoms. The first-order valence-corrected chi connectivity index (χ1v) is 15.7. The number of nitrogens with one attached hydrogen (secondary N) is 1. The van der Waals surface area contributed by atoms with Crippen LogP contribution in [0.1, 0.15) is 60.3 Å². The number of carbonyl (C=O) groups excluding carboxylic acids is 2. The number of fused-ring (bicyclic) bond motifs is 6. The summed E-state index contributed by atoms with van der Waals surface area (Å²) in [7, 11) is 7.48. The number of esters is 2. The van der Waals surface area contributed by atoms with Crippen LogP contribution in [0.2, 0.25) is 0 Å². The zero-order valence-corrected chi connectivity index (χ0v) is 27.1. The lowest BCUT2D eigenvalue weighted by atomic mass is 9.63. The number of hydrogen-bond acceptors (Lipinski definition) is 9. The van der Waals surface area contributed by atoms with Crippen molar-refractivity contribution in [2.75, 3.05) is 48.6 Å². The van der Waals surface area contributed by atoms with Gasteiger partial charge in [-0.05, 0) is 54.4 Å². The Morgan fingerprint density at radius 1 is 0.933 bits per heavy atom. The van der Waals surface area contributed by atoms with Crippen molar-refractivity contribution in [2.24, 2.45) is 23.7 Å². The third-order valence-corrected chi connectivity index (χ3v) is 10.3. The van der Waals surface area contributed by atoms with E-state index in [0.29, 0.717) is 35.5 Å². The average Bonchev–Trinajstić information content (AvgIpc) is 3.45. The number of nitrogens with zero attached hydrogens (tertiary/aromatic N) is 1. The van der Waals surface area contributed by atoms with Gasteiger partial charge in [0.15, 0.2) is 11.5 Å². The fraction of sp³-hybridized carbons (Fsp3) is 0.543. The molecule has 242 valence electrons. The highest BCUT2D eigenvalue weighted by molar-refractivity contribution is 5.91. The molecular weight excluding hydrogens is 576 g/mol. The Hall–Kier alpha value is -3.76. The minimum Gasteiger partial charge on any atom is -0.493 e. The fourth-order valence-corrected chi connectivity index (χ4v) is 8.26. The number of benzene rings is 2. The standard InChI is InChI=1S/C35H44N2O8/c1-18(2)23-17-37-16-20-14-28(45-34(38)19-12-26(40-3)32(42-5)27(13-19)41-4)33(43-6)30(35(39)44-7)22(20)15-25(37)31-29(23)21-10-8-9-11-24(21)36-31/h8-13,18,20,22-23,25,28,30,33,36H,14-17H2,1-7H3/t20-,22+,23?,25-,28-,30+,33+/m1/s1. The molecule has 2 fully saturated rings. The first-order chi connectivity index (χ1) is 21.7. The number of ether oxygens (including phenoxy) is 6. The maximum absolute atomic E-state index is 13.6. The Morgan fingerprint density at radius 3 is 2.27 bits per heavy atom. The fourth-order valence-electron chi connectivity index (χ4n) is 8.26. The van der Waals surface area contributed by atoms with Gasteiger partial charge in [-0.1, -0.05) is 32.0 Å². The number of H-pyrrole nitrogens is 1. The van der Waals surface area contributed by atoms with Crippen molar-refractivity contribution in [1.29, 1.82) is 0 Å². The average molecular weight is 621 g/mol. The number of methoxy groups -OCH3 is 5. The summed E-state index contributed by atoms with van der Waals surface area (Å²) >= 11 is 0. The van der Waals surface area contributed by atoms with E-state index in [0.717, 1.165) is 25.0 Å². The van der Waals surface area contributed by atoms with Gasteiger partial charge in [-0.25, -0.2) is 4.79 Å². The van der Waals surface area contributed by atoms with Crippen molar-refractivity contribution < 1.29 is 38.0 Å². The summed E-state index contributed by atoms with van der Waals surface area (Å²) in [5.74, 6) is 0.533. The first kappa shape index (κ1) is 31.2. The maximum atomic E-state index is 13.6. The molecule has 0 spiro atoms. The molecule has 2 aromatic carbocycles. The van der Waals surface area contributed by atoms with Crippen molar-refractivity contribution in [3.63, 3.8) is 0 Å². The molecule has 2 aliphatic heterocycles. The van der Waals surface area contributed by atoms with Crippen molar-refractivity contribution in [2.45, 2.75) is 50.9 Å². The Kier molecular flexibility index (Phi) is 8.72. The number of carbonyl (C=O) groups is 2. The lowest BCUT2D eigenvalue weighted by molar-refractivity contribution is -0.176. The molecule has 1 N–H and O–H groups in total. The van der Waals surface area contributed by atoms with E-state index in [-0.39, 0.29) is 29.4 Å². The first-order valence-electron chi connectivity index (χ1n) is 15.7. The van der Waals surface area contributed by atoms with E-state index >= 15 is 0 Å². The van der Waals surface area contributed by atoms with Gasteiger partial charge in [-0.3, -0.25) is 9.69 Å². The normalized spacial score (nSPS) is 27.7. The van der Waals surface area contributed by atoms with Crippen LogP contribution in [0.15, 0.2) is 36.4 Å². The van der Waals surface area contributed by atoms with Crippen LogP contribution >= 0.6 is 0 Å². The summed E-state index contributed by atoms with van der Waals surface area (Å²) in [6.45, 7) is 6.31. The number of rotatable bonds is 8. The molecule has 3 heterocycles. The van der Waals surface area contributed by atoms with Gasteiger partial charge in [0.1, 0.15) is 12.2 Å². The number of para-hydroxylation sites is 1. The maximum Gasteiger partial charge on any atom is 0.338 e. The Morgan fingerprint density at radius 2 is 1.64 bits per heavy atom. The highest BCUT2D eigenvalue weighted by Crippen LogP contribution is 2.53. The van der Waals surface area contributed by atoms with E-state index in [2.05, 4.69) is 48.0 Å². The van der Waals surface area contributed by atoms with Gasteiger partial charge in [-0.2, -0.15) is 0 Å². The summed E-state index contributed by atoms with van der Waals surface area (Å²) in [5.41, 5.74) is 4.07. The van der Waals surface area contributed by atoms with Gasteiger partial charge < -0.3 is 33.4 Å². The minimum atomic E-state index is -0.662. The molecule has 1 saturated heterocycles. The van der Waals surface area contributed by atoms with Crippen molar-refractivity contribution >= 4 is 22.8 Å². The quantitative estimate of drug-likeness (QED) is 0.333. The zero-order chi connectivity index (χ0) is 32.0. The van der Waals surface area contributed by atoms with Gasteiger partial charge >= 0.3 is 11.9 Å². The van der Waals surface area contributed by atoms with E-state index in [1.165, 1.54) is 45.1 Å². The number of piperidine rings is 1. The summed E-state index contributed by atoms with van der Waals surface area (Å²) in [4.78, 5) is 33.5. The van der Waals surface area contributed by atoms with Crippen LogP contribution in [0.5, 0.6) is 17.2 Å². The molecule has 1 aromatic heterocycles. The van der Waals surface area contributed by atoms with Crippen LogP contribution in [0.4, 0.5) is 0 Å². The Bertz CT molecular complexity index is 1540. The van der Waals surface area contributed by atoms with E-state index in [1.807, 2.05) is 0 Å². The molecule has 0 radical (unpaired) electrons. The molecule has 1 saturated carbocycles. The Labute approximate surface area is 264 Å². The molecule has 45 heavy (non-hydrogen) atoms. The molecule has 1 aliphatic carbocycles. The molecule has 1 unspecified atom stereocenters. The van der Waals surface area contributed by atoms with Crippen molar-refractivity contribution in [3.05, 3.63) is 53.2 Å². The number of hydrogen-bond donors (Lipinski definition) is 1. The van der Waals surface area contributed by atoms with E-state index in [4.69, 9.17) is 28.4 Å². The van der Waals surface area contributed by atoms with Crippen molar-refractivity contribution in [1.82, 2.24) is 9.88 Å². The van der Waals surface area contributed by atoms with E-state index in [9.17, 15) is 9.59 Å². The third kappa shape index (κ3) is 5.31. The predicted molar refractivity (Wildman–Crippen MR) is 168 cm³/mol. The van der Waals surface area contributed by atoms with Crippen LogP contribution < -0.4 is 14.2 Å². The van der Waals surface area contributed by atoms with Crippen molar-refractivity contribution in [3.8, 4) is 17.2 Å². The molecule has 3 aromatic rings. The second-order valence-electron chi connectivity index (χ2n) is 12.8. The van der Waals surface area contributed by atoms with E-state index in [1.54, 1.807) is 19.2 Å². The van der Waals surface area contributed by atoms with Gasteiger partial charge in [0.2, 0.25) is 5.75 Å². The van der Waals surface area contributed by atoms with Crippen LogP contribution in [-0.4, -0.2) is 82.7 Å². The second kappa shape index (κ2) is 12.6. The van der Waals surface area contributed by atoms with Gasteiger partial charge in [-0.15, -0.1) is 0 Å². The summed E-state index contributed by atoms with van der Waals surface area (Å²) < 4.78 is 33.8. The lowest BCUT2D eigenvalue weighted by Gasteiger charge is -2.54. The van der Waals surface area contributed by atoms with Crippen LogP contribution in [-0.2, 0) is 19.0 Å². The van der Waals surface area contributed by atoms with Gasteiger partial charge in [0.05, 0.1) is 46.0 Å². The molecule has 7 atom stereocenters. The molecular formula is C35H44N2O8. The molecule has 0 amide bonds. The number of aromatic amines is 1. The SMILES string of the molecule is COC(=O)[C@H]1[C@H]2C[C@@H]3c4[nH]c5ccccc5c4C(C(C)C)CN3C[C@H]2C[C@@H](OC(=O)c2cc(OC)c(OC)c(OC)c2)[C@@H]1OC. The highest BCUT2D eigenvalue weighted by atomic mass is 16.6. The summed E-state index contributed by atoms with van der Waals surface area (Å²) in [6, 6.07) is 11.8. The smallest absolute Gasteiger partial charge is 0.338 e. The highest BCUT2D eigenvalue weighted by Gasteiger charge is 2.55. The van der Waals surface area contributed by atoms with Gasteiger partial charge in [0, 0.05) is 42.7 Å². The summed E-state index contributed by atoms with van der Waals surface area (Å²) in [5, 5.41) is 1.29.